The molecule has 0 aromatic carbocycles. The summed E-state index contributed by atoms with van der Waals surface area (Å²) in [7, 11) is 0. The van der Waals surface area contributed by atoms with Gasteiger partial charge in [-0.1, -0.05) is 0 Å². The van der Waals surface area contributed by atoms with Crippen LogP contribution in [0.3, 0.4) is 0 Å². The van der Waals surface area contributed by atoms with Crippen LogP contribution in [0.4, 0.5) is 13.2 Å². The number of hydrogen-bond acceptors (Lipinski definition) is 4. The third kappa shape index (κ3) is 3.46. The summed E-state index contributed by atoms with van der Waals surface area (Å²) in [4.78, 5) is 3.75. The number of ether oxygens (including phenoxy) is 1. The zero-order valence-electron chi connectivity index (χ0n) is 7.88. The standard InChI is InChI=1S/C8H8F3IN2O2/c9-8(10,11)16-7-5(12)1-4(3-15)14-6(7)2-13/h1,15H,2-3,13H2. The van der Waals surface area contributed by atoms with Crippen molar-refractivity contribution in [3.8, 4) is 5.75 Å². The lowest BCUT2D eigenvalue weighted by Gasteiger charge is -2.14. The Kier molecular flexibility index (Phi) is 4.33. The molecular weight excluding hydrogens is 340 g/mol. The van der Waals surface area contributed by atoms with Crippen LogP contribution in [-0.4, -0.2) is 16.5 Å². The molecule has 1 aromatic rings. The summed E-state index contributed by atoms with van der Waals surface area (Å²) in [5.74, 6) is -0.409. The molecule has 0 bridgehead atoms. The Morgan fingerprint density at radius 1 is 1.50 bits per heavy atom. The molecule has 1 heterocycles. The van der Waals surface area contributed by atoms with Crippen molar-refractivity contribution in [1.82, 2.24) is 4.98 Å². The zero-order chi connectivity index (χ0) is 12.3. The molecule has 0 aliphatic carbocycles. The molecule has 0 atom stereocenters. The predicted octanol–water partition coefficient (Wildman–Crippen LogP) is 1.54. The highest BCUT2D eigenvalue weighted by molar-refractivity contribution is 14.1. The Labute approximate surface area is 103 Å². The van der Waals surface area contributed by atoms with Crippen molar-refractivity contribution < 1.29 is 23.0 Å². The van der Waals surface area contributed by atoms with Crippen molar-refractivity contribution in [2.45, 2.75) is 19.5 Å². The molecule has 0 spiro atoms. The second-order valence-corrected chi connectivity index (χ2v) is 3.94. The minimum Gasteiger partial charge on any atom is -0.403 e. The third-order valence-corrected chi connectivity index (χ3v) is 2.43. The molecule has 0 saturated heterocycles. The Morgan fingerprint density at radius 3 is 2.56 bits per heavy atom. The number of rotatable bonds is 3. The molecular formula is C8H8F3IN2O2. The van der Waals surface area contributed by atoms with Crippen LogP contribution in [0, 0.1) is 3.57 Å². The quantitative estimate of drug-likeness (QED) is 0.814. The van der Waals surface area contributed by atoms with E-state index in [4.69, 9.17) is 10.8 Å². The molecule has 1 rings (SSSR count). The zero-order valence-corrected chi connectivity index (χ0v) is 10.0. The van der Waals surface area contributed by atoms with Gasteiger partial charge in [-0.15, -0.1) is 13.2 Å². The van der Waals surface area contributed by atoms with Crippen molar-refractivity contribution in [2.24, 2.45) is 5.73 Å². The summed E-state index contributed by atoms with van der Waals surface area (Å²) < 4.78 is 40.3. The van der Waals surface area contributed by atoms with Gasteiger partial charge in [0.05, 0.1) is 21.6 Å². The van der Waals surface area contributed by atoms with Gasteiger partial charge in [0.2, 0.25) is 0 Å². The van der Waals surface area contributed by atoms with Gasteiger partial charge in [-0.25, -0.2) is 0 Å². The minimum absolute atomic E-state index is 0.0340. The molecule has 4 nitrogen and oxygen atoms in total. The van der Waals surface area contributed by atoms with Crippen molar-refractivity contribution >= 4 is 22.6 Å². The van der Waals surface area contributed by atoms with Crippen molar-refractivity contribution in [2.75, 3.05) is 0 Å². The van der Waals surface area contributed by atoms with Crippen LogP contribution in [-0.2, 0) is 13.2 Å². The molecule has 8 heteroatoms. The van der Waals surface area contributed by atoms with Crippen LogP contribution in [0.25, 0.3) is 0 Å². The van der Waals surface area contributed by atoms with Gasteiger partial charge < -0.3 is 15.6 Å². The maximum Gasteiger partial charge on any atom is 0.573 e. The van der Waals surface area contributed by atoms with Gasteiger partial charge in [-0.3, -0.25) is 4.98 Å². The number of pyridine rings is 1. The van der Waals surface area contributed by atoms with Crippen LogP contribution in [0.1, 0.15) is 11.4 Å². The normalized spacial score (nSPS) is 11.6. The summed E-state index contributed by atoms with van der Waals surface area (Å²) in [6.45, 7) is -0.565. The third-order valence-electron chi connectivity index (χ3n) is 1.62. The summed E-state index contributed by atoms with van der Waals surface area (Å²) in [6.07, 6.45) is -4.79. The monoisotopic (exact) mass is 348 g/mol. The summed E-state index contributed by atoms with van der Waals surface area (Å²) in [6, 6.07) is 1.31. The van der Waals surface area contributed by atoms with E-state index in [2.05, 4.69) is 9.72 Å². The Balaban J connectivity index is 3.16. The maximum atomic E-state index is 12.1. The van der Waals surface area contributed by atoms with Gasteiger partial charge in [0.1, 0.15) is 0 Å². The van der Waals surface area contributed by atoms with Gasteiger partial charge in [0.25, 0.3) is 0 Å². The lowest BCUT2D eigenvalue weighted by molar-refractivity contribution is -0.275. The number of aliphatic hydroxyl groups is 1. The highest BCUT2D eigenvalue weighted by Crippen LogP contribution is 2.30. The van der Waals surface area contributed by atoms with Gasteiger partial charge in [-0.05, 0) is 28.7 Å². The van der Waals surface area contributed by atoms with Crippen molar-refractivity contribution in [3.05, 3.63) is 21.0 Å². The van der Waals surface area contributed by atoms with E-state index < -0.39 is 12.1 Å². The second-order valence-electron chi connectivity index (χ2n) is 2.78. The van der Waals surface area contributed by atoms with Gasteiger partial charge in [-0.2, -0.15) is 0 Å². The molecule has 90 valence electrons. The number of alkyl halides is 3. The first-order chi connectivity index (χ1) is 7.37. The van der Waals surface area contributed by atoms with E-state index in [1.54, 1.807) is 22.6 Å². The van der Waals surface area contributed by atoms with E-state index >= 15 is 0 Å². The first-order valence-electron chi connectivity index (χ1n) is 4.12. The van der Waals surface area contributed by atoms with Crippen LogP contribution in [0.5, 0.6) is 5.75 Å². The first kappa shape index (κ1) is 13.5. The lowest BCUT2D eigenvalue weighted by atomic mass is 10.3. The SMILES string of the molecule is NCc1nc(CO)cc(I)c1OC(F)(F)F. The maximum absolute atomic E-state index is 12.1. The van der Waals surface area contributed by atoms with Gasteiger partial charge in [0, 0.05) is 6.54 Å². The molecule has 16 heavy (non-hydrogen) atoms. The molecule has 3 N–H and O–H groups in total. The fourth-order valence-electron chi connectivity index (χ4n) is 1.05. The predicted molar refractivity (Wildman–Crippen MR) is 57.5 cm³/mol. The number of nitrogens with two attached hydrogens (primary N) is 1. The summed E-state index contributed by atoms with van der Waals surface area (Å²) >= 11 is 1.67. The lowest BCUT2D eigenvalue weighted by Crippen LogP contribution is -2.20. The minimum atomic E-state index is -4.79. The smallest absolute Gasteiger partial charge is 0.403 e. The summed E-state index contributed by atoms with van der Waals surface area (Å²) in [5.41, 5.74) is 5.48. The first-order valence-corrected chi connectivity index (χ1v) is 5.20. The van der Waals surface area contributed by atoms with E-state index in [0.717, 1.165) is 0 Å². The number of aliphatic hydroxyl groups excluding tert-OH is 1. The molecule has 0 saturated carbocycles. The number of nitrogens with zero attached hydrogens (tertiary/aromatic N) is 1. The second kappa shape index (κ2) is 5.15. The van der Waals surface area contributed by atoms with E-state index in [-0.39, 0.29) is 28.1 Å². The van der Waals surface area contributed by atoms with Crippen molar-refractivity contribution in [1.29, 1.82) is 0 Å². The molecule has 0 radical (unpaired) electrons. The molecule has 1 aromatic heterocycles. The van der Waals surface area contributed by atoms with Crippen LogP contribution in [0.2, 0.25) is 0 Å². The number of aromatic nitrogens is 1. The number of halogens is 4. The largest absolute Gasteiger partial charge is 0.573 e. The molecule has 0 unspecified atom stereocenters. The average Bonchev–Trinajstić information content (AvgIpc) is 2.19. The summed E-state index contributed by atoms with van der Waals surface area (Å²) in [5, 5.41) is 8.84. The molecule has 0 fully saturated rings. The Bertz CT molecular complexity index is 384. The Morgan fingerprint density at radius 2 is 2.12 bits per heavy atom. The number of hydrogen-bond donors (Lipinski definition) is 2. The van der Waals surface area contributed by atoms with E-state index in [1.807, 2.05) is 0 Å². The molecule has 0 aliphatic heterocycles. The van der Waals surface area contributed by atoms with Crippen LogP contribution >= 0.6 is 22.6 Å². The molecule has 0 aliphatic rings. The van der Waals surface area contributed by atoms with Gasteiger partial charge in [0.15, 0.2) is 5.75 Å². The fraction of sp³-hybridized carbons (Fsp3) is 0.375. The van der Waals surface area contributed by atoms with E-state index in [1.165, 1.54) is 6.07 Å². The van der Waals surface area contributed by atoms with E-state index in [9.17, 15) is 13.2 Å². The van der Waals surface area contributed by atoms with Crippen LogP contribution < -0.4 is 10.5 Å². The molecule has 0 amide bonds. The highest BCUT2D eigenvalue weighted by atomic mass is 127. The van der Waals surface area contributed by atoms with E-state index in [0.29, 0.717) is 0 Å². The topological polar surface area (TPSA) is 68.4 Å². The fourth-order valence-corrected chi connectivity index (χ4v) is 1.83. The Hall–Kier alpha value is -0.610. The van der Waals surface area contributed by atoms with Crippen LogP contribution in [0.15, 0.2) is 6.07 Å². The van der Waals surface area contributed by atoms with Gasteiger partial charge >= 0.3 is 6.36 Å². The van der Waals surface area contributed by atoms with Crippen molar-refractivity contribution in [3.63, 3.8) is 0 Å². The highest BCUT2D eigenvalue weighted by Gasteiger charge is 2.33. The average molecular weight is 348 g/mol.